The monoisotopic (exact) mass is 262 g/mol. The van der Waals surface area contributed by atoms with Crippen molar-refractivity contribution in [3.63, 3.8) is 0 Å². The number of aliphatic hydroxyl groups is 1. The second-order valence-corrected chi connectivity index (χ2v) is 4.06. The highest BCUT2D eigenvalue weighted by Gasteiger charge is 2.12. The van der Waals surface area contributed by atoms with E-state index >= 15 is 0 Å². The quantitative estimate of drug-likeness (QED) is 0.852. The van der Waals surface area contributed by atoms with E-state index in [0.29, 0.717) is 11.4 Å². The Morgan fingerprint density at radius 3 is 2.74 bits per heavy atom. The first-order valence-corrected chi connectivity index (χ1v) is 5.65. The second kappa shape index (κ2) is 5.11. The Hall–Kier alpha value is -2.34. The number of ether oxygens (including phenoxy) is 1. The molecule has 2 rings (SSSR count). The van der Waals surface area contributed by atoms with Gasteiger partial charge in [0.2, 0.25) is 0 Å². The van der Waals surface area contributed by atoms with Gasteiger partial charge in [0, 0.05) is 6.07 Å². The van der Waals surface area contributed by atoms with Crippen LogP contribution >= 0.6 is 0 Å². The summed E-state index contributed by atoms with van der Waals surface area (Å²) in [4.78, 5) is 11.9. The zero-order valence-electron chi connectivity index (χ0n) is 10.6. The molecular weight excluding hydrogens is 248 g/mol. The summed E-state index contributed by atoms with van der Waals surface area (Å²) < 4.78 is 6.28. The van der Waals surface area contributed by atoms with Crippen molar-refractivity contribution in [1.82, 2.24) is 9.78 Å². The lowest BCUT2D eigenvalue weighted by atomic mass is 10.2. The molecule has 0 aliphatic heterocycles. The van der Waals surface area contributed by atoms with Gasteiger partial charge in [0.25, 0.3) is 5.56 Å². The minimum Gasteiger partial charge on any atom is -0.506 e. The van der Waals surface area contributed by atoms with E-state index in [1.807, 2.05) is 13.0 Å². The number of hydrogen-bond acceptors (Lipinski definition) is 5. The molecule has 0 fully saturated rings. The van der Waals surface area contributed by atoms with Gasteiger partial charge in [-0.2, -0.15) is 9.78 Å². The van der Waals surface area contributed by atoms with E-state index in [9.17, 15) is 9.90 Å². The molecule has 0 saturated carbocycles. The highest BCUT2D eigenvalue weighted by atomic mass is 16.5. The average Bonchev–Trinajstić information content (AvgIpc) is 2.39. The highest BCUT2D eigenvalue weighted by Crippen LogP contribution is 2.23. The lowest BCUT2D eigenvalue weighted by Gasteiger charge is -2.12. The molecule has 2 N–H and O–H groups in total. The Kier molecular flexibility index (Phi) is 3.52. The Balaban J connectivity index is 2.71. The molecule has 0 amide bonds. The Bertz CT molecular complexity index is 664. The maximum Gasteiger partial charge on any atom is 0.275 e. The van der Waals surface area contributed by atoms with Crippen LogP contribution in [0.3, 0.4) is 0 Å². The van der Waals surface area contributed by atoms with Crippen LogP contribution in [0, 0.1) is 6.92 Å². The smallest absolute Gasteiger partial charge is 0.275 e. The van der Waals surface area contributed by atoms with E-state index in [4.69, 9.17) is 9.84 Å². The lowest BCUT2D eigenvalue weighted by Crippen LogP contribution is -2.22. The van der Waals surface area contributed by atoms with Gasteiger partial charge in [0.1, 0.15) is 22.9 Å². The van der Waals surface area contributed by atoms with Crippen LogP contribution in [0.1, 0.15) is 11.3 Å². The highest BCUT2D eigenvalue weighted by molar-refractivity contribution is 5.48. The molecule has 1 aromatic heterocycles. The third-order valence-corrected chi connectivity index (χ3v) is 2.70. The zero-order chi connectivity index (χ0) is 14.0. The van der Waals surface area contributed by atoms with E-state index < -0.39 is 12.2 Å². The first-order valence-electron chi connectivity index (χ1n) is 5.65. The molecule has 6 heteroatoms. The zero-order valence-corrected chi connectivity index (χ0v) is 10.6. The van der Waals surface area contributed by atoms with Gasteiger partial charge >= 0.3 is 0 Å². The maximum atomic E-state index is 11.9. The topological polar surface area (TPSA) is 84.6 Å². The molecule has 19 heavy (non-hydrogen) atoms. The Morgan fingerprint density at radius 1 is 1.37 bits per heavy atom. The summed E-state index contributed by atoms with van der Waals surface area (Å²) >= 11 is 0. The SMILES string of the molecule is COc1ccc(C)cc1-n1nc(CO)c(O)cc1=O. The van der Waals surface area contributed by atoms with Crippen molar-refractivity contribution in [3.8, 4) is 17.2 Å². The molecule has 0 aliphatic carbocycles. The van der Waals surface area contributed by atoms with Gasteiger partial charge in [-0.1, -0.05) is 6.07 Å². The van der Waals surface area contributed by atoms with E-state index in [1.165, 1.54) is 7.11 Å². The lowest BCUT2D eigenvalue weighted by molar-refractivity contribution is 0.266. The predicted molar refractivity (Wildman–Crippen MR) is 68.7 cm³/mol. The molecule has 0 spiro atoms. The summed E-state index contributed by atoms with van der Waals surface area (Å²) in [7, 11) is 1.49. The van der Waals surface area contributed by atoms with Crippen LogP contribution in [0.25, 0.3) is 5.69 Å². The number of aliphatic hydroxyl groups excluding tert-OH is 1. The van der Waals surface area contributed by atoms with E-state index in [1.54, 1.807) is 12.1 Å². The molecule has 0 aliphatic rings. The van der Waals surface area contributed by atoms with Crippen LogP contribution in [0.4, 0.5) is 0 Å². The average molecular weight is 262 g/mol. The minimum atomic E-state index is -0.501. The van der Waals surface area contributed by atoms with E-state index in [2.05, 4.69) is 5.10 Å². The molecule has 0 atom stereocenters. The van der Waals surface area contributed by atoms with Gasteiger partial charge in [0.05, 0.1) is 13.7 Å². The third kappa shape index (κ3) is 2.43. The molecule has 1 aromatic carbocycles. The van der Waals surface area contributed by atoms with Crippen LogP contribution in [-0.2, 0) is 6.61 Å². The van der Waals surface area contributed by atoms with E-state index in [-0.39, 0.29) is 11.4 Å². The Morgan fingerprint density at radius 2 is 2.11 bits per heavy atom. The van der Waals surface area contributed by atoms with Crippen LogP contribution in [-0.4, -0.2) is 27.1 Å². The van der Waals surface area contributed by atoms with Crippen LogP contribution in [0.2, 0.25) is 0 Å². The minimum absolute atomic E-state index is 0.0307. The van der Waals surface area contributed by atoms with Gasteiger partial charge in [-0.15, -0.1) is 0 Å². The second-order valence-electron chi connectivity index (χ2n) is 4.06. The van der Waals surface area contributed by atoms with Crippen molar-refractivity contribution in [3.05, 3.63) is 45.9 Å². The van der Waals surface area contributed by atoms with E-state index in [0.717, 1.165) is 16.3 Å². The number of rotatable bonds is 3. The number of benzene rings is 1. The Labute approximate surface area is 109 Å². The van der Waals surface area contributed by atoms with Gasteiger partial charge in [-0.25, -0.2) is 0 Å². The van der Waals surface area contributed by atoms with Crippen LogP contribution in [0.5, 0.6) is 11.5 Å². The van der Waals surface area contributed by atoms with Crippen LogP contribution < -0.4 is 10.3 Å². The normalized spacial score (nSPS) is 10.5. The summed E-state index contributed by atoms with van der Waals surface area (Å²) in [6.07, 6.45) is 0. The largest absolute Gasteiger partial charge is 0.506 e. The summed E-state index contributed by atoms with van der Waals surface area (Å²) in [5, 5.41) is 22.5. The fourth-order valence-corrected chi connectivity index (χ4v) is 1.73. The fraction of sp³-hybridized carbons (Fsp3) is 0.231. The van der Waals surface area contributed by atoms with Gasteiger partial charge in [-0.05, 0) is 24.6 Å². The van der Waals surface area contributed by atoms with Crippen LogP contribution in [0.15, 0.2) is 29.1 Å². The van der Waals surface area contributed by atoms with Gasteiger partial charge in [-0.3, -0.25) is 4.79 Å². The van der Waals surface area contributed by atoms with Crippen molar-refractivity contribution in [2.45, 2.75) is 13.5 Å². The van der Waals surface area contributed by atoms with Crippen molar-refractivity contribution >= 4 is 0 Å². The molecule has 2 aromatic rings. The van der Waals surface area contributed by atoms with Crippen molar-refractivity contribution < 1.29 is 14.9 Å². The molecule has 1 heterocycles. The molecule has 0 radical (unpaired) electrons. The first kappa shape index (κ1) is 13.1. The number of aromatic nitrogens is 2. The number of aryl methyl sites for hydroxylation is 1. The summed E-state index contributed by atoms with van der Waals surface area (Å²) in [6, 6.07) is 6.33. The third-order valence-electron chi connectivity index (χ3n) is 2.70. The maximum absolute atomic E-state index is 11.9. The predicted octanol–water partition coefficient (Wildman–Crippen LogP) is 0.747. The number of nitrogens with zero attached hydrogens (tertiary/aromatic N) is 2. The first-order chi connectivity index (χ1) is 9.06. The fourth-order valence-electron chi connectivity index (χ4n) is 1.73. The van der Waals surface area contributed by atoms with Crippen molar-refractivity contribution in [2.75, 3.05) is 7.11 Å². The van der Waals surface area contributed by atoms with Crippen molar-refractivity contribution in [1.29, 1.82) is 0 Å². The molecular formula is C13H14N2O4. The summed E-state index contributed by atoms with van der Waals surface area (Å²) in [6.45, 7) is 1.42. The molecule has 6 nitrogen and oxygen atoms in total. The standard InChI is InChI=1S/C13H14N2O4/c1-8-3-4-12(19-2)10(5-8)15-13(18)6-11(17)9(7-16)14-15/h3-6,16-17H,7H2,1-2H3. The molecule has 0 bridgehead atoms. The summed E-state index contributed by atoms with van der Waals surface area (Å²) in [5.41, 5.74) is 0.923. The molecule has 0 saturated heterocycles. The van der Waals surface area contributed by atoms with Gasteiger partial charge < -0.3 is 14.9 Å². The summed E-state index contributed by atoms with van der Waals surface area (Å²) in [5.74, 6) is 0.158. The number of methoxy groups -OCH3 is 1. The molecule has 0 unspecified atom stereocenters. The number of hydrogen-bond donors (Lipinski definition) is 2. The molecule has 100 valence electrons. The van der Waals surface area contributed by atoms with Gasteiger partial charge in [0.15, 0.2) is 0 Å². The van der Waals surface area contributed by atoms with Crippen molar-refractivity contribution in [2.24, 2.45) is 0 Å². The number of aromatic hydroxyl groups is 1.